The molecule has 4 nitrogen and oxygen atoms in total. The zero-order valence-corrected chi connectivity index (χ0v) is 12.3. The molecule has 0 fully saturated rings. The van der Waals surface area contributed by atoms with Gasteiger partial charge in [-0.05, 0) is 12.5 Å². The van der Waals surface area contributed by atoms with Crippen molar-refractivity contribution in [2.45, 2.75) is 38.6 Å². The Bertz CT molecular complexity index is 562. The second kappa shape index (κ2) is 4.46. The predicted octanol–water partition coefficient (Wildman–Crippen LogP) is 2.33. The van der Waals surface area contributed by atoms with Crippen molar-refractivity contribution in [3.05, 3.63) is 47.5 Å². The van der Waals surface area contributed by atoms with E-state index >= 15 is 0 Å². The highest BCUT2D eigenvalue weighted by Crippen LogP contribution is 2.27. The number of nitrogens with two attached hydrogens (primary N) is 1. The second-order valence-corrected chi connectivity index (χ2v) is 6.20. The molecule has 2 N–H and O–H groups in total. The number of benzene rings is 1. The Morgan fingerprint density at radius 1 is 1.05 bits per heavy atom. The fraction of sp³-hybridized carbons (Fsp3) is 0.467. The maximum atomic E-state index is 6.49. The van der Waals surface area contributed by atoms with Gasteiger partial charge in [-0.25, -0.2) is 4.98 Å². The van der Waals surface area contributed by atoms with Crippen LogP contribution in [0.1, 0.15) is 44.9 Å². The number of hydrogen-bond donors (Lipinski definition) is 1. The molecule has 1 atom stereocenters. The van der Waals surface area contributed by atoms with E-state index in [9.17, 15) is 0 Å². The van der Waals surface area contributed by atoms with Crippen LogP contribution in [0.3, 0.4) is 0 Å². The van der Waals surface area contributed by atoms with Crippen LogP contribution < -0.4 is 5.73 Å². The molecular formula is C15H22N4. The second-order valence-electron chi connectivity index (χ2n) is 6.20. The molecule has 0 aliphatic carbocycles. The Morgan fingerprint density at radius 3 is 2.11 bits per heavy atom. The van der Waals surface area contributed by atoms with E-state index < -0.39 is 5.54 Å². The minimum absolute atomic E-state index is 0.0806. The minimum Gasteiger partial charge on any atom is -0.315 e. The van der Waals surface area contributed by atoms with Gasteiger partial charge < -0.3 is 5.73 Å². The zero-order valence-electron chi connectivity index (χ0n) is 12.3. The lowest BCUT2D eigenvalue weighted by atomic mass is 9.92. The van der Waals surface area contributed by atoms with Crippen molar-refractivity contribution in [1.82, 2.24) is 14.8 Å². The summed E-state index contributed by atoms with van der Waals surface area (Å²) in [5.41, 5.74) is 6.80. The Labute approximate surface area is 114 Å². The molecule has 19 heavy (non-hydrogen) atoms. The molecule has 0 spiro atoms. The Kier molecular flexibility index (Phi) is 3.22. The highest BCUT2D eigenvalue weighted by atomic mass is 15.3. The van der Waals surface area contributed by atoms with Gasteiger partial charge in [-0.2, -0.15) is 5.10 Å². The summed E-state index contributed by atoms with van der Waals surface area (Å²) in [4.78, 5) is 4.66. The molecule has 0 saturated carbocycles. The summed E-state index contributed by atoms with van der Waals surface area (Å²) in [5.74, 6) is 1.60. The SMILES string of the molecule is Cn1nc(C(C)(C)C)nc1C(C)(N)c1ccccc1. The Balaban J connectivity index is 2.50. The summed E-state index contributed by atoms with van der Waals surface area (Å²) in [5, 5.41) is 4.50. The van der Waals surface area contributed by atoms with Crippen LogP contribution in [0.5, 0.6) is 0 Å². The summed E-state index contributed by atoms with van der Waals surface area (Å²) in [6.07, 6.45) is 0. The molecule has 2 rings (SSSR count). The van der Waals surface area contributed by atoms with Gasteiger partial charge >= 0.3 is 0 Å². The molecule has 0 bridgehead atoms. The maximum Gasteiger partial charge on any atom is 0.156 e. The summed E-state index contributed by atoms with van der Waals surface area (Å²) < 4.78 is 1.79. The monoisotopic (exact) mass is 258 g/mol. The van der Waals surface area contributed by atoms with Crippen molar-refractivity contribution in [3.8, 4) is 0 Å². The van der Waals surface area contributed by atoms with Crippen molar-refractivity contribution in [3.63, 3.8) is 0 Å². The van der Waals surface area contributed by atoms with Crippen molar-refractivity contribution in [1.29, 1.82) is 0 Å². The van der Waals surface area contributed by atoms with Crippen LogP contribution in [0.2, 0.25) is 0 Å². The molecule has 0 radical (unpaired) electrons. The van der Waals surface area contributed by atoms with E-state index in [1.165, 1.54) is 0 Å². The normalized spacial score (nSPS) is 15.3. The number of aromatic nitrogens is 3. The van der Waals surface area contributed by atoms with E-state index in [4.69, 9.17) is 5.73 Å². The Morgan fingerprint density at radius 2 is 1.63 bits per heavy atom. The van der Waals surface area contributed by atoms with Crippen LogP contribution in [0.4, 0.5) is 0 Å². The van der Waals surface area contributed by atoms with Crippen LogP contribution in [0.25, 0.3) is 0 Å². The van der Waals surface area contributed by atoms with E-state index in [2.05, 4.69) is 30.9 Å². The van der Waals surface area contributed by atoms with Crippen LogP contribution in [0, 0.1) is 0 Å². The predicted molar refractivity (Wildman–Crippen MR) is 76.8 cm³/mol. The lowest BCUT2D eigenvalue weighted by molar-refractivity contribution is 0.517. The summed E-state index contributed by atoms with van der Waals surface area (Å²) in [6, 6.07) is 10.00. The summed E-state index contributed by atoms with van der Waals surface area (Å²) >= 11 is 0. The van der Waals surface area contributed by atoms with E-state index in [-0.39, 0.29) is 5.41 Å². The lowest BCUT2D eigenvalue weighted by Gasteiger charge is -2.23. The smallest absolute Gasteiger partial charge is 0.156 e. The molecular weight excluding hydrogens is 236 g/mol. The standard InChI is InChI=1S/C15H22N4/c1-14(2,3)12-17-13(19(5)18-12)15(4,16)11-9-7-6-8-10-11/h6-10H,16H2,1-5H3. The third-order valence-corrected chi connectivity index (χ3v) is 3.27. The van der Waals surface area contributed by atoms with Gasteiger partial charge in [0, 0.05) is 12.5 Å². The lowest BCUT2D eigenvalue weighted by Crippen LogP contribution is -2.37. The average molecular weight is 258 g/mol. The molecule has 4 heteroatoms. The van der Waals surface area contributed by atoms with Gasteiger partial charge in [-0.1, -0.05) is 51.1 Å². The molecule has 0 saturated heterocycles. The van der Waals surface area contributed by atoms with Gasteiger partial charge in [0.1, 0.15) is 0 Å². The van der Waals surface area contributed by atoms with Crippen molar-refractivity contribution in [2.75, 3.05) is 0 Å². The molecule has 102 valence electrons. The van der Waals surface area contributed by atoms with Gasteiger partial charge in [-0.3, -0.25) is 4.68 Å². The minimum atomic E-state index is -0.646. The van der Waals surface area contributed by atoms with Gasteiger partial charge in [0.25, 0.3) is 0 Å². The summed E-state index contributed by atoms with van der Waals surface area (Å²) in [6.45, 7) is 8.27. The summed E-state index contributed by atoms with van der Waals surface area (Å²) in [7, 11) is 1.89. The number of aryl methyl sites for hydroxylation is 1. The number of hydrogen-bond acceptors (Lipinski definition) is 3. The van der Waals surface area contributed by atoms with Crippen molar-refractivity contribution in [2.24, 2.45) is 12.8 Å². The fourth-order valence-electron chi connectivity index (χ4n) is 2.07. The van der Waals surface area contributed by atoms with Crippen LogP contribution in [-0.2, 0) is 18.0 Å². The molecule has 2 aromatic rings. The molecule has 1 aromatic carbocycles. The third kappa shape index (κ3) is 2.54. The quantitative estimate of drug-likeness (QED) is 0.899. The van der Waals surface area contributed by atoms with E-state index in [1.807, 2.05) is 44.3 Å². The first kappa shape index (κ1) is 13.7. The first-order valence-corrected chi connectivity index (χ1v) is 6.49. The first-order valence-electron chi connectivity index (χ1n) is 6.49. The van der Waals surface area contributed by atoms with Gasteiger partial charge in [0.05, 0.1) is 5.54 Å². The first-order chi connectivity index (χ1) is 8.73. The van der Waals surface area contributed by atoms with E-state index in [0.29, 0.717) is 0 Å². The van der Waals surface area contributed by atoms with Crippen LogP contribution in [0.15, 0.2) is 30.3 Å². The molecule has 0 aliphatic rings. The van der Waals surface area contributed by atoms with Crippen molar-refractivity contribution >= 4 is 0 Å². The third-order valence-electron chi connectivity index (χ3n) is 3.27. The highest BCUT2D eigenvalue weighted by Gasteiger charge is 2.31. The average Bonchev–Trinajstić information content (AvgIpc) is 2.73. The highest BCUT2D eigenvalue weighted by molar-refractivity contribution is 5.30. The van der Waals surface area contributed by atoms with E-state index in [0.717, 1.165) is 17.2 Å². The molecule has 0 amide bonds. The largest absolute Gasteiger partial charge is 0.315 e. The maximum absolute atomic E-state index is 6.49. The van der Waals surface area contributed by atoms with Gasteiger partial charge in [-0.15, -0.1) is 0 Å². The van der Waals surface area contributed by atoms with Crippen LogP contribution in [-0.4, -0.2) is 14.8 Å². The van der Waals surface area contributed by atoms with Crippen molar-refractivity contribution < 1.29 is 0 Å². The topological polar surface area (TPSA) is 56.7 Å². The molecule has 1 aromatic heterocycles. The number of rotatable bonds is 2. The number of nitrogens with zero attached hydrogens (tertiary/aromatic N) is 3. The fourth-order valence-corrected chi connectivity index (χ4v) is 2.07. The zero-order chi connectivity index (χ0) is 14.3. The van der Waals surface area contributed by atoms with Gasteiger partial charge in [0.15, 0.2) is 11.6 Å². The van der Waals surface area contributed by atoms with Crippen LogP contribution >= 0.6 is 0 Å². The van der Waals surface area contributed by atoms with E-state index in [1.54, 1.807) is 4.68 Å². The molecule has 1 unspecified atom stereocenters. The Hall–Kier alpha value is -1.68. The van der Waals surface area contributed by atoms with Gasteiger partial charge in [0.2, 0.25) is 0 Å². The molecule has 1 heterocycles. The molecule has 0 aliphatic heterocycles.